The summed E-state index contributed by atoms with van der Waals surface area (Å²) >= 11 is 0. The molecule has 2 aliphatic heterocycles. The number of hydrogen-bond donors (Lipinski definition) is 1. The molecule has 0 bridgehead atoms. The highest BCUT2D eigenvalue weighted by molar-refractivity contribution is 5.74. The van der Waals surface area contributed by atoms with Gasteiger partial charge in [0.05, 0.1) is 13.2 Å². The summed E-state index contributed by atoms with van der Waals surface area (Å²) in [7, 11) is 0. The van der Waals surface area contributed by atoms with Crippen LogP contribution in [0.5, 0.6) is 0 Å². The minimum absolute atomic E-state index is 0.0767. The molecule has 1 N–H and O–H groups in total. The Morgan fingerprint density at radius 1 is 1.00 bits per heavy atom. The van der Waals surface area contributed by atoms with Crippen LogP contribution in [0.15, 0.2) is 0 Å². The summed E-state index contributed by atoms with van der Waals surface area (Å²) < 4.78 is 5.36. The van der Waals surface area contributed by atoms with Crippen molar-refractivity contribution in [2.45, 2.75) is 19.9 Å². The van der Waals surface area contributed by atoms with Crippen LogP contribution in [-0.2, 0) is 4.74 Å². The van der Waals surface area contributed by atoms with Gasteiger partial charge in [0.1, 0.15) is 0 Å². The minimum atomic E-state index is 0.0767. The second-order valence-corrected chi connectivity index (χ2v) is 5.89. The molecule has 20 heavy (non-hydrogen) atoms. The first kappa shape index (κ1) is 15.5. The van der Waals surface area contributed by atoms with Gasteiger partial charge in [0.25, 0.3) is 0 Å². The van der Waals surface area contributed by atoms with Crippen LogP contribution >= 0.6 is 0 Å². The Morgan fingerprint density at radius 2 is 1.55 bits per heavy atom. The van der Waals surface area contributed by atoms with E-state index in [9.17, 15) is 4.79 Å². The number of nitrogens with one attached hydrogen (secondary N) is 1. The summed E-state index contributed by atoms with van der Waals surface area (Å²) in [4.78, 5) is 18.7. The van der Waals surface area contributed by atoms with Gasteiger partial charge in [-0.3, -0.25) is 9.80 Å². The molecule has 116 valence electrons. The van der Waals surface area contributed by atoms with Gasteiger partial charge in [-0.25, -0.2) is 4.79 Å². The van der Waals surface area contributed by atoms with Gasteiger partial charge >= 0.3 is 6.03 Å². The van der Waals surface area contributed by atoms with Crippen molar-refractivity contribution in [1.82, 2.24) is 20.0 Å². The Labute approximate surface area is 122 Å². The normalized spacial score (nSPS) is 22.2. The number of carbonyl (C=O) groups is 1. The molecule has 0 atom stereocenters. The molecule has 2 rings (SSSR count). The summed E-state index contributed by atoms with van der Waals surface area (Å²) in [6.45, 7) is 13.7. The van der Waals surface area contributed by atoms with Gasteiger partial charge in [-0.1, -0.05) is 0 Å². The van der Waals surface area contributed by atoms with E-state index in [0.717, 1.165) is 65.6 Å². The monoisotopic (exact) mass is 284 g/mol. The fraction of sp³-hybridized carbons (Fsp3) is 0.929. The topological polar surface area (TPSA) is 48.1 Å². The van der Waals surface area contributed by atoms with Crippen molar-refractivity contribution in [3.8, 4) is 0 Å². The van der Waals surface area contributed by atoms with Crippen LogP contribution in [0, 0.1) is 0 Å². The van der Waals surface area contributed by atoms with E-state index >= 15 is 0 Å². The zero-order chi connectivity index (χ0) is 14.4. The number of piperazine rings is 1. The van der Waals surface area contributed by atoms with Crippen LogP contribution in [0.1, 0.15) is 13.8 Å². The quantitative estimate of drug-likeness (QED) is 0.793. The van der Waals surface area contributed by atoms with Crippen LogP contribution < -0.4 is 5.32 Å². The summed E-state index contributed by atoms with van der Waals surface area (Å²) in [5.41, 5.74) is 0. The fourth-order valence-corrected chi connectivity index (χ4v) is 2.62. The lowest BCUT2D eigenvalue weighted by Gasteiger charge is -2.36. The highest BCUT2D eigenvalue weighted by Crippen LogP contribution is 2.04. The van der Waals surface area contributed by atoms with Crippen molar-refractivity contribution >= 4 is 6.03 Å². The lowest BCUT2D eigenvalue weighted by Crippen LogP contribution is -2.54. The highest BCUT2D eigenvalue weighted by atomic mass is 16.5. The Kier molecular flexibility index (Phi) is 6.06. The van der Waals surface area contributed by atoms with E-state index in [0.29, 0.717) is 0 Å². The third-order valence-corrected chi connectivity index (χ3v) is 3.91. The van der Waals surface area contributed by atoms with E-state index in [-0.39, 0.29) is 12.1 Å². The van der Waals surface area contributed by atoms with Crippen molar-refractivity contribution in [2.24, 2.45) is 0 Å². The van der Waals surface area contributed by atoms with Gasteiger partial charge in [0.2, 0.25) is 0 Å². The number of ether oxygens (including phenoxy) is 1. The molecule has 0 unspecified atom stereocenters. The summed E-state index contributed by atoms with van der Waals surface area (Å²) in [6, 6.07) is 0.287. The summed E-state index contributed by atoms with van der Waals surface area (Å²) in [5, 5.41) is 2.96. The maximum Gasteiger partial charge on any atom is 0.317 e. The number of morpholine rings is 1. The molecule has 2 heterocycles. The predicted molar refractivity (Wildman–Crippen MR) is 78.9 cm³/mol. The molecule has 2 saturated heterocycles. The number of amides is 2. The molecule has 2 aliphatic rings. The standard InChI is InChI=1S/C14H28N4O2/c1-13(2)15-14(19)18-7-5-16(6-8-18)3-4-17-9-11-20-12-10-17/h13H,3-12H2,1-2H3,(H,15,19). The van der Waals surface area contributed by atoms with E-state index in [1.165, 1.54) is 0 Å². The van der Waals surface area contributed by atoms with Gasteiger partial charge in [-0.2, -0.15) is 0 Å². The van der Waals surface area contributed by atoms with Crippen LogP contribution in [-0.4, -0.2) is 92.3 Å². The largest absolute Gasteiger partial charge is 0.379 e. The molecule has 0 aliphatic carbocycles. The molecule has 6 heteroatoms. The number of hydrogen-bond acceptors (Lipinski definition) is 4. The van der Waals surface area contributed by atoms with Crippen LogP contribution in [0.25, 0.3) is 0 Å². The van der Waals surface area contributed by atoms with Gasteiger partial charge in [0, 0.05) is 58.4 Å². The lowest BCUT2D eigenvalue weighted by molar-refractivity contribution is 0.0309. The maximum absolute atomic E-state index is 11.9. The second-order valence-electron chi connectivity index (χ2n) is 5.89. The molecule has 0 aromatic heterocycles. The molecule has 0 spiro atoms. The lowest BCUT2D eigenvalue weighted by atomic mass is 10.3. The first-order valence-corrected chi connectivity index (χ1v) is 7.73. The number of urea groups is 1. The number of rotatable bonds is 4. The average Bonchev–Trinajstić information content (AvgIpc) is 2.46. The smallest absolute Gasteiger partial charge is 0.317 e. The van der Waals surface area contributed by atoms with Gasteiger partial charge in [0.15, 0.2) is 0 Å². The SMILES string of the molecule is CC(C)NC(=O)N1CCN(CCN2CCOCC2)CC1. The van der Waals surface area contributed by atoms with Crippen molar-refractivity contribution in [3.63, 3.8) is 0 Å². The molecule has 0 radical (unpaired) electrons. The molecule has 0 aromatic carbocycles. The predicted octanol–water partition coefficient (Wildman–Crippen LogP) is 0.0542. The van der Waals surface area contributed by atoms with Crippen LogP contribution in [0.3, 0.4) is 0 Å². The second kappa shape index (κ2) is 7.81. The molecule has 0 aromatic rings. The Bertz CT molecular complexity index is 298. The van der Waals surface area contributed by atoms with Crippen LogP contribution in [0.4, 0.5) is 4.79 Å². The van der Waals surface area contributed by atoms with Crippen molar-refractivity contribution in [1.29, 1.82) is 0 Å². The van der Waals surface area contributed by atoms with E-state index < -0.39 is 0 Å². The summed E-state index contributed by atoms with van der Waals surface area (Å²) in [6.07, 6.45) is 0. The maximum atomic E-state index is 11.9. The molecule has 2 fully saturated rings. The van der Waals surface area contributed by atoms with E-state index in [1.54, 1.807) is 0 Å². The Balaban J connectivity index is 1.62. The van der Waals surface area contributed by atoms with Crippen molar-refractivity contribution in [2.75, 3.05) is 65.6 Å². The number of nitrogens with zero attached hydrogens (tertiary/aromatic N) is 3. The number of carbonyl (C=O) groups excluding carboxylic acids is 1. The zero-order valence-electron chi connectivity index (χ0n) is 12.8. The Morgan fingerprint density at radius 3 is 2.10 bits per heavy atom. The fourth-order valence-electron chi connectivity index (χ4n) is 2.62. The third kappa shape index (κ3) is 4.92. The molecule has 0 saturated carbocycles. The molecule has 2 amide bonds. The summed E-state index contributed by atoms with van der Waals surface area (Å²) in [5.74, 6) is 0. The van der Waals surface area contributed by atoms with Crippen molar-refractivity contribution < 1.29 is 9.53 Å². The van der Waals surface area contributed by atoms with E-state index in [2.05, 4.69) is 15.1 Å². The van der Waals surface area contributed by atoms with Crippen LogP contribution in [0.2, 0.25) is 0 Å². The average molecular weight is 284 g/mol. The van der Waals surface area contributed by atoms with E-state index in [1.807, 2.05) is 18.7 Å². The first-order valence-electron chi connectivity index (χ1n) is 7.73. The molecular formula is C14H28N4O2. The Hall–Kier alpha value is -0.850. The van der Waals surface area contributed by atoms with E-state index in [4.69, 9.17) is 4.74 Å². The third-order valence-electron chi connectivity index (χ3n) is 3.91. The minimum Gasteiger partial charge on any atom is -0.379 e. The first-order chi connectivity index (χ1) is 9.65. The van der Waals surface area contributed by atoms with Gasteiger partial charge in [-0.05, 0) is 13.8 Å². The highest BCUT2D eigenvalue weighted by Gasteiger charge is 2.21. The molecule has 6 nitrogen and oxygen atoms in total. The molecular weight excluding hydrogens is 256 g/mol. The zero-order valence-corrected chi connectivity index (χ0v) is 12.8. The van der Waals surface area contributed by atoms with Crippen molar-refractivity contribution in [3.05, 3.63) is 0 Å². The van der Waals surface area contributed by atoms with Gasteiger partial charge in [-0.15, -0.1) is 0 Å². The van der Waals surface area contributed by atoms with Gasteiger partial charge < -0.3 is 15.0 Å².